The molecule has 0 saturated heterocycles. The number of nitrogens with one attached hydrogen (secondary N) is 2. The van der Waals surface area contributed by atoms with Gasteiger partial charge in [0.2, 0.25) is 5.91 Å². The van der Waals surface area contributed by atoms with E-state index in [2.05, 4.69) is 10.6 Å². The van der Waals surface area contributed by atoms with E-state index in [1.54, 1.807) is 19.2 Å². The Bertz CT molecular complexity index is 772. The summed E-state index contributed by atoms with van der Waals surface area (Å²) in [7, 11) is 1.59. The third-order valence-electron chi connectivity index (χ3n) is 4.54. The van der Waals surface area contributed by atoms with Crippen molar-refractivity contribution >= 4 is 17.5 Å². The third kappa shape index (κ3) is 5.41. The fourth-order valence-corrected chi connectivity index (χ4v) is 3.09. The number of carbonyl (C=O) groups excluding carboxylic acids is 2. The van der Waals surface area contributed by atoms with Gasteiger partial charge in [-0.3, -0.25) is 9.59 Å². The van der Waals surface area contributed by atoms with Gasteiger partial charge in [-0.25, -0.2) is 0 Å². The molecule has 0 spiro atoms. The lowest BCUT2D eigenvalue weighted by atomic mass is 9.87. The molecule has 1 atom stereocenters. The second-order valence-electron chi connectivity index (χ2n) is 6.85. The number of rotatable bonds is 8. The van der Waals surface area contributed by atoms with Crippen molar-refractivity contribution in [1.82, 2.24) is 5.32 Å². The Morgan fingerprint density at radius 2 is 1.74 bits per heavy atom. The maximum Gasteiger partial charge on any atom is 0.251 e. The zero-order valence-corrected chi connectivity index (χ0v) is 16.4. The maximum atomic E-state index is 13.0. The molecule has 5 heteroatoms. The minimum Gasteiger partial charge on any atom is -0.383 e. The summed E-state index contributed by atoms with van der Waals surface area (Å²) >= 11 is 0. The van der Waals surface area contributed by atoms with Crippen LogP contribution in [0.4, 0.5) is 5.69 Å². The Morgan fingerprint density at radius 1 is 1.04 bits per heavy atom. The summed E-state index contributed by atoms with van der Waals surface area (Å²) in [6.07, 6.45) is 0. The molecule has 1 unspecified atom stereocenters. The molecule has 0 heterocycles. The number of amides is 2. The van der Waals surface area contributed by atoms with Gasteiger partial charge in [0.05, 0.1) is 12.5 Å². The molecule has 0 aliphatic carbocycles. The minimum absolute atomic E-state index is 0.0729. The number of carbonyl (C=O) groups is 2. The second kappa shape index (κ2) is 9.88. The van der Waals surface area contributed by atoms with Gasteiger partial charge < -0.3 is 15.4 Å². The van der Waals surface area contributed by atoms with Crippen LogP contribution in [0.1, 0.15) is 41.3 Å². The van der Waals surface area contributed by atoms with Gasteiger partial charge in [0.1, 0.15) is 0 Å². The van der Waals surface area contributed by atoms with Gasteiger partial charge in [-0.1, -0.05) is 50.2 Å². The molecule has 0 radical (unpaired) electrons. The Balaban J connectivity index is 2.20. The summed E-state index contributed by atoms with van der Waals surface area (Å²) in [5.74, 6) is -0.363. The van der Waals surface area contributed by atoms with E-state index in [-0.39, 0.29) is 23.7 Å². The van der Waals surface area contributed by atoms with Crippen LogP contribution in [0.3, 0.4) is 0 Å². The monoisotopic (exact) mass is 368 g/mol. The van der Waals surface area contributed by atoms with Gasteiger partial charge in [-0.05, 0) is 36.1 Å². The Labute approximate surface area is 161 Å². The van der Waals surface area contributed by atoms with Crippen LogP contribution >= 0.6 is 0 Å². The Kier molecular flexibility index (Phi) is 7.55. The molecule has 2 rings (SSSR count). The first-order chi connectivity index (χ1) is 13.0. The van der Waals surface area contributed by atoms with E-state index in [1.807, 2.05) is 57.2 Å². The van der Waals surface area contributed by atoms with Crippen molar-refractivity contribution in [2.24, 2.45) is 5.92 Å². The van der Waals surface area contributed by atoms with E-state index < -0.39 is 0 Å². The molecular formula is C22H28N2O3. The summed E-state index contributed by atoms with van der Waals surface area (Å²) < 4.78 is 4.95. The van der Waals surface area contributed by atoms with Crippen LogP contribution in [0.2, 0.25) is 0 Å². The number of hydrogen-bond donors (Lipinski definition) is 2. The van der Waals surface area contributed by atoms with Crippen LogP contribution in [-0.4, -0.2) is 32.1 Å². The highest BCUT2D eigenvalue weighted by atomic mass is 16.5. The van der Waals surface area contributed by atoms with Crippen molar-refractivity contribution in [3.05, 3.63) is 65.2 Å². The van der Waals surface area contributed by atoms with Gasteiger partial charge in [0.25, 0.3) is 5.91 Å². The average molecular weight is 368 g/mol. The molecule has 2 aromatic carbocycles. The van der Waals surface area contributed by atoms with Crippen molar-refractivity contribution in [3.8, 4) is 0 Å². The summed E-state index contributed by atoms with van der Waals surface area (Å²) in [6, 6.07) is 15.1. The largest absolute Gasteiger partial charge is 0.383 e. The molecular weight excluding hydrogens is 340 g/mol. The number of methoxy groups -OCH3 is 1. The second-order valence-corrected chi connectivity index (χ2v) is 6.85. The highest BCUT2D eigenvalue weighted by Gasteiger charge is 2.25. The zero-order chi connectivity index (χ0) is 19.8. The van der Waals surface area contributed by atoms with E-state index >= 15 is 0 Å². The molecule has 0 saturated carbocycles. The molecule has 0 aliphatic heterocycles. The molecule has 2 amide bonds. The van der Waals surface area contributed by atoms with E-state index in [1.165, 1.54) is 0 Å². The normalized spacial score (nSPS) is 11.9. The lowest BCUT2D eigenvalue weighted by Crippen LogP contribution is -2.28. The van der Waals surface area contributed by atoms with Crippen molar-refractivity contribution in [2.45, 2.75) is 26.7 Å². The molecule has 27 heavy (non-hydrogen) atoms. The van der Waals surface area contributed by atoms with E-state index in [0.717, 1.165) is 11.1 Å². The first kappa shape index (κ1) is 20.6. The third-order valence-corrected chi connectivity index (χ3v) is 4.54. The first-order valence-electron chi connectivity index (χ1n) is 9.18. The van der Waals surface area contributed by atoms with Gasteiger partial charge >= 0.3 is 0 Å². The van der Waals surface area contributed by atoms with Gasteiger partial charge in [0, 0.05) is 24.9 Å². The average Bonchev–Trinajstić information content (AvgIpc) is 2.64. The van der Waals surface area contributed by atoms with Gasteiger partial charge in [-0.2, -0.15) is 0 Å². The Morgan fingerprint density at radius 3 is 2.37 bits per heavy atom. The summed E-state index contributed by atoms with van der Waals surface area (Å²) in [4.78, 5) is 25.3. The van der Waals surface area contributed by atoms with Crippen LogP contribution in [0.25, 0.3) is 0 Å². The smallest absolute Gasteiger partial charge is 0.251 e. The molecule has 0 fully saturated rings. The molecule has 2 aromatic rings. The minimum atomic E-state index is -0.259. The zero-order valence-electron chi connectivity index (χ0n) is 16.4. The standard InChI is InChI=1S/C22H28N2O3/c1-15(2)20(17-9-6-5-7-10-17)22(26)24-19-12-8-11-18(16(19)3)21(25)23-13-14-27-4/h5-12,15,20H,13-14H2,1-4H3,(H,23,25)(H,24,26). The number of benzene rings is 2. The Hall–Kier alpha value is -2.66. The van der Waals surface area contributed by atoms with Gasteiger partial charge in [-0.15, -0.1) is 0 Å². The maximum absolute atomic E-state index is 13.0. The summed E-state index contributed by atoms with van der Waals surface area (Å²) in [5.41, 5.74) is 2.93. The number of anilines is 1. The van der Waals surface area contributed by atoms with Crippen LogP contribution < -0.4 is 10.6 Å². The predicted molar refractivity (Wildman–Crippen MR) is 108 cm³/mol. The van der Waals surface area contributed by atoms with Crippen LogP contribution in [0, 0.1) is 12.8 Å². The highest BCUT2D eigenvalue weighted by molar-refractivity contribution is 6.01. The first-order valence-corrected chi connectivity index (χ1v) is 9.18. The molecule has 0 aliphatic rings. The predicted octanol–water partition coefficient (Wildman–Crippen LogP) is 3.75. The van der Waals surface area contributed by atoms with Crippen molar-refractivity contribution in [3.63, 3.8) is 0 Å². The molecule has 0 aromatic heterocycles. The lowest BCUT2D eigenvalue weighted by molar-refractivity contribution is -0.118. The van der Waals surface area contributed by atoms with Crippen molar-refractivity contribution < 1.29 is 14.3 Å². The van der Waals surface area contributed by atoms with Crippen LogP contribution in [0.15, 0.2) is 48.5 Å². The summed E-state index contributed by atoms with van der Waals surface area (Å²) in [6.45, 7) is 6.80. The molecule has 144 valence electrons. The van der Waals surface area contributed by atoms with Crippen LogP contribution in [0.5, 0.6) is 0 Å². The fourth-order valence-electron chi connectivity index (χ4n) is 3.09. The highest BCUT2D eigenvalue weighted by Crippen LogP contribution is 2.27. The van der Waals surface area contributed by atoms with E-state index in [9.17, 15) is 9.59 Å². The molecule has 0 bridgehead atoms. The lowest BCUT2D eigenvalue weighted by Gasteiger charge is -2.22. The number of ether oxygens (including phenoxy) is 1. The van der Waals surface area contributed by atoms with Crippen LogP contribution in [-0.2, 0) is 9.53 Å². The quantitative estimate of drug-likeness (QED) is 0.698. The van der Waals surface area contributed by atoms with E-state index in [4.69, 9.17) is 4.74 Å². The topological polar surface area (TPSA) is 67.4 Å². The molecule has 2 N–H and O–H groups in total. The van der Waals surface area contributed by atoms with Crippen molar-refractivity contribution in [1.29, 1.82) is 0 Å². The fraction of sp³-hybridized carbons (Fsp3) is 0.364. The SMILES string of the molecule is COCCNC(=O)c1cccc(NC(=O)C(c2ccccc2)C(C)C)c1C. The number of hydrogen-bond acceptors (Lipinski definition) is 3. The summed E-state index contributed by atoms with van der Waals surface area (Å²) in [5, 5.41) is 5.82. The molecule has 5 nitrogen and oxygen atoms in total. The van der Waals surface area contributed by atoms with Gasteiger partial charge in [0.15, 0.2) is 0 Å². The van der Waals surface area contributed by atoms with E-state index in [0.29, 0.717) is 24.4 Å². The van der Waals surface area contributed by atoms with Crippen molar-refractivity contribution in [2.75, 3.05) is 25.6 Å².